The molecule has 8 heteroatoms. The van der Waals surface area contributed by atoms with Crippen LogP contribution in [0.1, 0.15) is 29.1 Å². The molecule has 0 aliphatic carbocycles. The van der Waals surface area contributed by atoms with Crippen molar-refractivity contribution in [2.75, 3.05) is 6.54 Å². The number of hydrogen-bond acceptors (Lipinski definition) is 5. The minimum Gasteiger partial charge on any atom is -0.459 e. The number of rotatable bonds is 4. The number of carbonyl (C=O) groups excluding carboxylic acids is 2. The molecule has 3 aromatic rings. The van der Waals surface area contributed by atoms with Crippen molar-refractivity contribution in [2.24, 2.45) is 0 Å². The highest BCUT2D eigenvalue weighted by Gasteiger charge is 2.41. The fourth-order valence-corrected chi connectivity index (χ4v) is 4.62. The minimum atomic E-state index is -4.01. The Morgan fingerprint density at radius 1 is 1.15 bits per heavy atom. The second-order valence-corrected chi connectivity index (χ2v) is 8.12. The van der Waals surface area contributed by atoms with Crippen molar-refractivity contribution in [3.05, 3.63) is 65.9 Å². The molecule has 2 heterocycles. The summed E-state index contributed by atoms with van der Waals surface area (Å²) >= 11 is 0. The van der Waals surface area contributed by atoms with Gasteiger partial charge >= 0.3 is 0 Å². The first-order valence-electron chi connectivity index (χ1n) is 8.32. The van der Waals surface area contributed by atoms with Crippen LogP contribution in [-0.2, 0) is 14.8 Å². The van der Waals surface area contributed by atoms with Gasteiger partial charge in [-0.25, -0.2) is 12.7 Å². The molecule has 0 fully saturated rings. The zero-order chi connectivity index (χ0) is 19.2. The molecule has 138 valence electrons. The number of furan rings is 1. The van der Waals surface area contributed by atoms with Gasteiger partial charge in [-0.15, -0.1) is 0 Å². The molecular weight excluding hydrogens is 368 g/mol. The summed E-state index contributed by atoms with van der Waals surface area (Å²) in [7, 11) is -4.01. The van der Waals surface area contributed by atoms with E-state index in [0.717, 1.165) is 5.39 Å². The lowest BCUT2D eigenvalue weighted by Gasteiger charge is -2.17. The predicted octanol–water partition coefficient (Wildman–Crippen LogP) is 2.45. The van der Waals surface area contributed by atoms with Crippen molar-refractivity contribution in [3.63, 3.8) is 0 Å². The van der Waals surface area contributed by atoms with Crippen LogP contribution in [0, 0.1) is 0 Å². The van der Waals surface area contributed by atoms with E-state index >= 15 is 0 Å². The average molecular weight is 384 g/mol. The molecule has 2 aromatic carbocycles. The lowest BCUT2D eigenvalue weighted by molar-refractivity contribution is -0.121. The van der Waals surface area contributed by atoms with Crippen LogP contribution in [0.2, 0.25) is 0 Å². The van der Waals surface area contributed by atoms with Crippen molar-refractivity contribution in [3.8, 4) is 0 Å². The lowest BCUT2D eigenvalue weighted by atomic mass is 10.2. The zero-order valence-corrected chi connectivity index (χ0v) is 15.2. The van der Waals surface area contributed by atoms with Gasteiger partial charge in [-0.2, -0.15) is 0 Å². The molecule has 2 amide bonds. The molecule has 1 aliphatic rings. The molecule has 0 radical (unpaired) electrons. The van der Waals surface area contributed by atoms with Crippen molar-refractivity contribution >= 4 is 32.8 Å². The van der Waals surface area contributed by atoms with Crippen molar-refractivity contribution in [2.45, 2.75) is 17.9 Å². The number of fused-ring (bicyclic) bond motifs is 2. The number of amides is 2. The summed E-state index contributed by atoms with van der Waals surface area (Å²) in [6, 6.07) is 14.7. The standard InChI is InChI=1S/C19H16N2O5S/c1-12(16-10-13-6-2-4-8-15(13)26-16)20-18(22)11-21-19(23)14-7-3-5-9-17(14)27(21,24)25/h2-10,12H,11H2,1H3,(H,20,22)/t12-/m1/s1. The third-order valence-electron chi connectivity index (χ3n) is 4.45. The van der Waals surface area contributed by atoms with E-state index in [2.05, 4.69) is 5.32 Å². The maximum Gasteiger partial charge on any atom is 0.269 e. The van der Waals surface area contributed by atoms with Crippen LogP contribution in [0.25, 0.3) is 11.0 Å². The van der Waals surface area contributed by atoms with Crippen LogP contribution in [0.4, 0.5) is 0 Å². The Labute approximate surface area is 155 Å². The Bertz CT molecular complexity index is 1130. The van der Waals surface area contributed by atoms with Gasteiger partial charge in [0.1, 0.15) is 22.8 Å². The van der Waals surface area contributed by atoms with Gasteiger partial charge in [0.15, 0.2) is 0 Å². The summed E-state index contributed by atoms with van der Waals surface area (Å²) in [5.74, 6) is -0.742. The first kappa shape index (κ1) is 17.3. The van der Waals surface area contributed by atoms with Gasteiger partial charge in [-0.05, 0) is 31.2 Å². The van der Waals surface area contributed by atoms with Crippen LogP contribution >= 0.6 is 0 Å². The van der Waals surface area contributed by atoms with Crippen molar-refractivity contribution in [1.29, 1.82) is 0 Å². The maximum atomic E-state index is 12.5. The fraction of sp³-hybridized carbons (Fsp3) is 0.158. The molecular formula is C19H16N2O5S. The van der Waals surface area contributed by atoms with Gasteiger partial charge in [0.05, 0.1) is 11.6 Å². The Morgan fingerprint density at radius 2 is 1.85 bits per heavy atom. The monoisotopic (exact) mass is 384 g/mol. The molecule has 0 saturated heterocycles. The highest BCUT2D eigenvalue weighted by Crippen LogP contribution is 2.29. The van der Waals surface area contributed by atoms with Gasteiger partial charge in [-0.1, -0.05) is 30.3 Å². The summed E-state index contributed by atoms with van der Waals surface area (Å²) in [5, 5.41) is 3.58. The smallest absolute Gasteiger partial charge is 0.269 e. The SMILES string of the molecule is C[C@@H](NC(=O)CN1C(=O)c2ccccc2S1(=O)=O)c1cc2ccccc2o1. The molecule has 0 bridgehead atoms. The fourth-order valence-electron chi connectivity index (χ4n) is 3.09. The summed E-state index contributed by atoms with van der Waals surface area (Å²) in [5.41, 5.74) is 0.775. The number of para-hydroxylation sites is 1. The highest BCUT2D eigenvalue weighted by molar-refractivity contribution is 7.90. The number of nitrogens with zero attached hydrogens (tertiary/aromatic N) is 1. The first-order chi connectivity index (χ1) is 12.9. The van der Waals surface area contributed by atoms with Gasteiger partial charge in [0, 0.05) is 5.39 Å². The highest BCUT2D eigenvalue weighted by atomic mass is 32.2. The Kier molecular flexibility index (Phi) is 4.00. The Morgan fingerprint density at radius 3 is 2.59 bits per heavy atom. The van der Waals surface area contributed by atoms with Gasteiger partial charge < -0.3 is 9.73 Å². The van der Waals surface area contributed by atoms with Crippen molar-refractivity contribution in [1.82, 2.24) is 9.62 Å². The number of carbonyl (C=O) groups is 2. The Hall–Kier alpha value is -3.13. The minimum absolute atomic E-state index is 0.0758. The molecule has 0 saturated carbocycles. The van der Waals surface area contributed by atoms with Crippen LogP contribution in [0.5, 0.6) is 0 Å². The maximum absolute atomic E-state index is 12.5. The van der Waals surface area contributed by atoms with Crippen LogP contribution in [-0.4, -0.2) is 31.1 Å². The molecule has 4 rings (SSSR count). The van der Waals surface area contributed by atoms with E-state index in [0.29, 0.717) is 15.6 Å². The summed E-state index contributed by atoms with van der Waals surface area (Å²) < 4.78 is 31.3. The van der Waals surface area contributed by atoms with E-state index in [1.54, 1.807) is 13.0 Å². The van der Waals surface area contributed by atoms with Gasteiger partial charge in [0.25, 0.3) is 15.9 Å². The van der Waals surface area contributed by atoms with E-state index in [9.17, 15) is 18.0 Å². The quantitative estimate of drug-likeness (QED) is 0.745. The average Bonchev–Trinajstić information content (AvgIpc) is 3.16. The van der Waals surface area contributed by atoms with E-state index in [-0.39, 0.29) is 10.5 Å². The third-order valence-corrected chi connectivity index (χ3v) is 6.24. The van der Waals surface area contributed by atoms with E-state index < -0.39 is 34.4 Å². The Balaban J connectivity index is 1.50. The molecule has 7 nitrogen and oxygen atoms in total. The number of sulfonamides is 1. The lowest BCUT2D eigenvalue weighted by Crippen LogP contribution is -2.41. The van der Waals surface area contributed by atoms with E-state index in [4.69, 9.17) is 4.42 Å². The van der Waals surface area contributed by atoms with E-state index in [1.807, 2.05) is 30.3 Å². The number of hydrogen-bond donors (Lipinski definition) is 1. The van der Waals surface area contributed by atoms with Crippen LogP contribution in [0.3, 0.4) is 0 Å². The largest absolute Gasteiger partial charge is 0.459 e. The molecule has 1 N–H and O–H groups in total. The first-order valence-corrected chi connectivity index (χ1v) is 9.76. The molecule has 1 atom stereocenters. The van der Waals surface area contributed by atoms with Gasteiger partial charge in [-0.3, -0.25) is 9.59 Å². The number of nitrogens with one attached hydrogen (secondary N) is 1. The zero-order valence-electron chi connectivity index (χ0n) is 14.4. The molecule has 1 aliphatic heterocycles. The molecule has 0 spiro atoms. The van der Waals surface area contributed by atoms with Crippen molar-refractivity contribution < 1.29 is 22.4 Å². The van der Waals surface area contributed by atoms with Crippen LogP contribution in [0.15, 0.2) is 63.9 Å². The van der Waals surface area contributed by atoms with E-state index in [1.165, 1.54) is 18.2 Å². The second-order valence-electron chi connectivity index (χ2n) is 6.29. The third kappa shape index (κ3) is 2.87. The predicted molar refractivity (Wildman–Crippen MR) is 97.4 cm³/mol. The molecule has 27 heavy (non-hydrogen) atoms. The topological polar surface area (TPSA) is 96.7 Å². The molecule has 0 unspecified atom stereocenters. The van der Waals surface area contributed by atoms with Gasteiger partial charge in [0.2, 0.25) is 5.91 Å². The second kappa shape index (κ2) is 6.24. The summed E-state index contributed by atoms with van der Waals surface area (Å²) in [6.45, 7) is 1.14. The molecule has 1 aromatic heterocycles. The summed E-state index contributed by atoms with van der Waals surface area (Å²) in [4.78, 5) is 24.7. The van der Waals surface area contributed by atoms with Crippen LogP contribution < -0.4 is 5.32 Å². The number of benzene rings is 2. The normalized spacial score (nSPS) is 16.3. The summed E-state index contributed by atoms with van der Waals surface area (Å²) in [6.07, 6.45) is 0.